The van der Waals surface area contributed by atoms with E-state index in [1.165, 1.54) is 6.07 Å². The van der Waals surface area contributed by atoms with Crippen LogP contribution in [-0.2, 0) is 21.9 Å². The van der Waals surface area contributed by atoms with Gasteiger partial charge in [-0.1, -0.05) is 43.3 Å². The number of piperidine rings is 1. The number of nitrogens with zero attached hydrogens (tertiary/aromatic N) is 3. The molecule has 39 heavy (non-hydrogen) atoms. The Morgan fingerprint density at radius 2 is 1.95 bits per heavy atom. The summed E-state index contributed by atoms with van der Waals surface area (Å²) < 4.78 is 44.0. The van der Waals surface area contributed by atoms with E-state index < -0.39 is 15.5 Å². The van der Waals surface area contributed by atoms with Crippen molar-refractivity contribution < 1.29 is 13.0 Å². The Morgan fingerprint density at radius 1 is 1.13 bits per heavy atom. The van der Waals surface area contributed by atoms with Gasteiger partial charge in [0.2, 0.25) is 5.95 Å². The van der Waals surface area contributed by atoms with Crippen molar-refractivity contribution in [3.8, 4) is 11.3 Å². The summed E-state index contributed by atoms with van der Waals surface area (Å²) in [6.45, 7) is 3.08. The number of pyridine rings is 1. The lowest BCUT2D eigenvalue weighted by atomic mass is 9.97. The molecule has 1 aliphatic heterocycles. The van der Waals surface area contributed by atoms with Gasteiger partial charge < -0.3 is 15.4 Å². The average Bonchev–Trinajstić information content (AvgIpc) is 2.94. The largest absolute Gasteiger partial charge is 0.350 e. The highest BCUT2D eigenvalue weighted by Gasteiger charge is 2.22. The van der Waals surface area contributed by atoms with Crippen molar-refractivity contribution in [3.05, 3.63) is 77.7 Å². The minimum Gasteiger partial charge on any atom is -0.350 e. The highest BCUT2D eigenvalue weighted by atomic mass is 32.2. The van der Waals surface area contributed by atoms with E-state index in [0.29, 0.717) is 42.1 Å². The first-order valence-corrected chi connectivity index (χ1v) is 14.9. The number of halogens is 2. The maximum absolute atomic E-state index is 15.1. The van der Waals surface area contributed by atoms with Crippen molar-refractivity contribution in [2.24, 2.45) is 5.92 Å². The summed E-state index contributed by atoms with van der Waals surface area (Å²) in [5, 5.41) is 6.57. The Morgan fingerprint density at radius 3 is 2.69 bits per heavy atom. The number of benzene rings is 2. The maximum atomic E-state index is 15.1. The van der Waals surface area contributed by atoms with E-state index >= 15 is 4.39 Å². The quantitative estimate of drug-likeness (QED) is 0.254. The molecule has 0 amide bonds. The number of hydrogen-bond donors (Lipinski definition) is 3. The van der Waals surface area contributed by atoms with Crippen molar-refractivity contribution in [3.63, 3.8) is 0 Å². The second-order valence-electron chi connectivity index (χ2n) is 9.94. The van der Waals surface area contributed by atoms with Crippen LogP contribution >= 0.6 is 0 Å². The van der Waals surface area contributed by atoms with Crippen LogP contribution < -0.4 is 15.4 Å². The first-order chi connectivity index (χ1) is 18.8. The fourth-order valence-corrected chi connectivity index (χ4v) is 6.22. The fraction of sp³-hybridized carbons (Fsp3) is 0.310. The van der Waals surface area contributed by atoms with E-state index in [1.54, 1.807) is 18.3 Å². The van der Waals surface area contributed by atoms with E-state index in [4.69, 9.17) is 9.97 Å². The third-order valence-electron chi connectivity index (χ3n) is 6.80. The second-order valence-corrected chi connectivity index (χ2v) is 12.1. The molecule has 1 fully saturated rings. The van der Waals surface area contributed by atoms with Crippen LogP contribution in [0.15, 0.2) is 60.8 Å². The minimum absolute atomic E-state index is 0.0157. The lowest BCUT2D eigenvalue weighted by molar-refractivity contribution is 0.282. The third-order valence-corrected chi connectivity index (χ3v) is 8.19. The number of aromatic nitrogens is 3. The van der Waals surface area contributed by atoms with Gasteiger partial charge in [-0.3, -0.25) is 4.39 Å². The van der Waals surface area contributed by atoms with E-state index in [2.05, 4.69) is 26.2 Å². The van der Waals surface area contributed by atoms with E-state index in [0.717, 1.165) is 23.2 Å². The van der Waals surface area contributed by atoms with Crippen LogP contribution in [-0.4, -0.2) is 50.8 Å². The summed E-state index contributed by atoms with van der Waals surface area (Å²) in [4.78, 5) is 13.8. The number of aryl methyl sites for hydroxylation is 1. The molecule has 4 aromatic rings. The molecule has 3 atom stereocenters. The number of rotatable bonds is 9. The lowest BCUT2D eigenvalue weighted by Gasteiger charge is -2.29. The first-order valence-electron chi connectivity index (χ1n) is 13.0. The number of alkyl halides is 1. The van der Waals surface area contributed by atoms with Gasteiger partial charge in [0.05, 0.1) is 35.5 Å². The zero-order valence-electron chi connectivity index (χ0n) is 21.8. The normalized spacial score (nSPS) is 18.9. The van der Waals surface area contributed by atoms with Gasteiger partial charge in [-0.05, 0) is 48.0 Å². The van der Waals surface area contributed by atoms with Crippen LogP contribution in [0.25, 0.3) is 22.3 Å². The molecule has 5 rings (SSSR count). The molecule has 0 radical (unpaired) electrons. The van der Waals surface area contributed by atoms with Gasteiger partial charge >= 0.3 is 0 Å². The van der Waals surface area contributed by atoms with Crippen LogP contribution in [0.5, 0.6) is 0 Å². The van der Waals surface area contributed by atoms with Gasteiger partial charge in [-0.2, -0.15) is 0 Å². The molecule has 3 N–H and O–H groups in total. The molecule has 0 bridgehead atoms. The van der Waals surface area contributed by atoms with E-state index in [1.807, 2.05) is 43.3 Å². The van der Waals surface area contributed by atoms with Crippen molar-refractivity contribution in [2.45, 2.75) is 31.6 Å². The zero-order valence-corrected chi connectivity index (χ0v) is 22.6. The van der Waals surface area contributed by atoms with Crippen LogP contribution in [0, 0.1) is 11.7 Å². The van der Waals surface area contributed by atoms with Crippen molar-refractivity contribution in [2.75, 3.05) is 29.8 Å². The predicted octanol–water partition coefficient (Wildman–Crippen LogP) is 5.00. The first kappa shape index (κ1) is 27.0. The highest BCUT2D eigenvalue weighted by Crippen LogP contribution is 2.28. The van der Waals surface area contributed by atoms with Gasteiger partial charge in [0.1, 0.15) is 11.3 Å². The Labute approximate surface area is 227 Å². The topological polar surface area (TPSA) is 91.8 Å². The Kier molecular flexibility index (Phi) is 8.04. The van der Waals surface area contributed by atoms with Crippen molar-refractivity contribution >= 4 is 38.2 Å². The molecule has 3 heterocycles. The number of hydrogen-bond acceptors (Lipinski definition) is 6. The van der Waals surface area contributed by atoms with Crippen LogP contribution in [0.3, 0.4) is 0 Å². The monoisotopic (exact) mass is 550 g/mol. The van der Waals surface area contributed by atoms with Crippen LogP contribution in [0.1, 0.15) is 24.5 Å². The minimum atomic E-state index is -2.80. The van der Waals surface area contributed by atoms with Crippen molar-refractivity contribution in [1.82, 2.24) is 20.3 Å². The molecular weight excluding hydrogens is 518 g/mol. The molecule has 1 aliphatic rings. The Hall–Kier alpha value is -3.63. The molecule has 2 aromatic carbocycles. The molecule has 1 saturated heterocycles. The molecule has 0 saturated carbocycles. The summed E-state index contributed by atoms with van der Waals surface area (Å²) in [6.07, 6.45) is 3.07. The molecule has 10 heteroatoms. The van der Waals surface area contributed by atoms with Gasteiger partial charge in [0.15, 0.2) is 0 Å². The summed E-state index contributed by atoms with van der Waals surface area (Å²) in [7, 11) is -2.80. The predicted molar refractivity (Wildman–Crippen MR) is 155 cm³/mol. The SMILES string of the molecule is C=S(=O)(Cc1ccccc1)Nc1ccc(-c2cc(CC)c3nc(N[C@@H]4CNC[C@H](CF)C4)ncc3n2)cc1F. The third kappa shape index (κ3) is 6.51. The second kappa shape index (κ2) is 11.6. The van der Waals surface area contributed by atoms with Crippen LogP contribution in [0.4, 0.5) is 20.4 Å². The summed E-state index contributed by atoms with van der Waals surface area (Å²) >= 11 is 0. The molecule has 7 nitrogen and oxygen atoms in total. The molecule has 2 aromatic heterocycles. The number of nitrogens with one attached hydrogen (secondary N) is 3. The molecule has 204 valence electrons. The Bertz CT molecular complexity index is 1570. The highest BCUT2D eigenvalue weighted by molar-refractivity contribution is 8.00. The molecule has 0 aliphatic carbocycles. The Balaban J connectivity index is 1.36. The molecular formula is C29H32F2N6OS. The summed E-state index contributed by atoms with van der Waals surface area (Å²) in [5.41, 5.74) is 4.43. The summed E-state index contributed by atoms with van der Waals surface area (Å²) in [6, 6.07) is 16.0. The number of fused-ring (bicyclic) bond motifs is 1. The van der Waals surface area contributed by atoms with Gasteiger partial charge in [-0.25, -0.2) is 23.6 Å². The number of anilines is 2. The van der Waals surface area contributed by atoms with E-state index in [-0.39, 0.29) is 30.1 Å². The maximum Gasteiger partial charge on any atom is 0.223 e. The van der Waals surface area contributed by atoms with Crippen LogP contribution in [0.2, 0.25) is 0 Å². The molecule has 1 unspecified atom stereocenters. The van der Waals surface area contributed by atoms with Gasteiger partial charge in [0.25, 0.3) is 0 Å². The fourth-order valence-electron chi connectivity index (χ4n) is 4.85. The van der Waals surface area contributed by atoms with Crippen molar-refractivity contribution in [1.29, 1.82) is 0 Å². The van der Waals surface area contributed by atoms with E-state index in [9.17, 15) is 8.60 Å². The van der Waals surface area contributed by atoms with Gasteiger partial charge in [-0.15, -0.1) is 0 Å². The zero-order chi connectivity index (χ0) is 27.4. The summed E-state index contributed by atoms with van der Waals surface area (Å²) in [5.74, 6) is 3.90. The van der Waals surface area contributed by atoms with Gasteiger partial charge in [0, 0.05) is 40.3 Å². The molecule has 0 spiro atoms. The smallest absolute Gasteiger partial charge is 0.223 e. The standard InChI is InChI=1S/C29H32F2N6OS/c1-3-21-13-26(35-27-17-33-29(36-28(21)27)34-23-11-20(14-30)15-32-16-23)22-9-10-25(24(31)12-22)37-39(2,38)18-19-7-5-4-6-8-19/h4-10,12-13,17,20,23,32H,2-3,11,14-16,18H2,1H3,(H,37,38)(H,33,34,36)/t20-,23-,39?/m0/s1. The lowest BCUT2D eigenvalue weighted by Crippen LogP contribution is -2.44. The average molecular weight is 551 g/mol.